The summed E-state index contributed by atoms with van der Waals surface area (Å²) in [5.74, 6) is -1.55. The Kier molecular flexibility index (Phi) is 6.96. The van der Waals surface area contributed by atoms with Gasteiger partial charge in [-0.1, -0.05) is 49.2 Å². The summed E-state index contributed by atoms with van der Waals surface area (Å²) in [4.78, 5) is 37.0. The number of benzene rings is 2. The molecule has 1 atom stereocenters. The maximum Gasteiger partial charge on any atom is 0.269 e. The summed E-state index contributed by atoms with van der Waals surface area (Å²) in [6.07, 6.45) is 0. The van der Waals surface area contributed by atoms with Crippen molar-refractivity contribution in [1.82, 2.24) is 16.2 Å². The Hall–Kier alpha value is -2.86. The molecule has 0 saturated carbocycles. The van der Waals surface area contributed by atoms with E-state index in [1.165, 1.54) is 6.07 Å². The summed E-state index contributed by atoms with van der Waals surface area (Å²) in [5, 5.41) is 3.13. The van der Waals surface area contributed by atoms with E-state index in [-0.39, 0.29) is 11.8 Å². The van der Waals surface area contributed by atoms with Crippen LogP contribution in [0.1, 0.15) is 40.1 Å². The minimum absolute atomic E-state index is 0.179. The minimum atomic E-state index is -0.808. The largest absolute Gasteiger partial charge is 0.340 e. The highest BCUT2D eigenvalue weighted by atomic mass is 35.5. The minimum Gasteiger partial charge on any atom is -0.340 e. The SMILES string of the molecule is Cc1cccc(C(=O)N[C@H](C(=O)NNC(=O)c2cccc(Cl)c2)C(C)C)c1. The van der Waals surface area contributed by atoms with Crippen LogP contribution in [0.3, 0.4) is 0 Å². The number of nitrogens with one attached hydrogen (secondary N) is 3. The topological polar surface area (TPSA) is 87.3 Å². The first kappa shape index (κ1) is 20.5. The number of amides is 3. The van der Waals surface area contributed by atoms with Gasteiger partial charge in [-0.3, -0.25) is 25.2 Å². The summed E-state index contributed by atoms with van der Waals surface area (Å²) >= 11 is 5.86. The average molecular weight is 388 g/mol. The predicted molar refractivity (Wildman–Crippen MR) is 104 cm³/mol. The van der Waals surface area contributed by atoms with Gasteiger partial charge in [-0.05, 0) is 43.2 Å². The van der Waals surface area contributed by atoms with E-state index in [1.807, 2.05) is 13.0 Å². The van der Waals surface area contributed by atoms with Crippen LogP contribution in [-0.4, -0.2) is 23.8 Å². The predicted octanol–water partition coefficient (Wildman–Crippen LogP) is 2.86. The number of hydrazine groups is 1. The Balaban J connectivity index is 2.00. The molecule has 0 unspecified atom stereocenters. The van der Waals surface area contributed by atoms with Crippen LogP contribution >= 0.6 is 11.6 Å². The van der Waals surface area contributed by atoms with E-state index >= 15 is 0 Å². The molecule has 2 rings (SSSR count). The highest BCUT2D eigenvalue weighted by Gasteiger charge is 2.25. The van der Waals surface area contributed by atoms with Crippen molar-refractivity contribution in [3.63, 3.8) is 0 Å². The number of rotatable bonds is 5. The fraction of sp³-hybridized carbons (Fsp3) is 0.250. The third-order valence-corrected chi connectivity index (χ3v) is 4.14. The molecule has 7 heteroatoms. The Morgan fingerprint density at radius 3 is 2.11 bits per heavy atom. The lowest BCUT2D eigenvalue weighted by Gasteiger charge is -2.22. The van der Waals surface area contributed by atoms with Gasteiger partial charge >= 0.3 is 0 Å². The second kappa shape index (κ2) is 9.19. The summed E-state index contributed by atoms with van der Waals surface area (Å²) in [7, 11) is 0. The van der Waals surface area contributed by atoms with E-state index in [1.54, 1.807) is 50.2 Å². The lowest BCUT2D eigenvalue weighted by atomic mass is 10.0. The highest BCUT2D eigenvalue weighted by Crippen LogP contribution is 2.10. The second-order valence-corrected chi connectivity index (χ2v) is 6.95. The summed E-state index contributed by atoms with van der Waals surface area (Å²) in [6, 6.07) is 12.6. The van der Waals surface area contributed by atoms with Gasteiger partial charge in [0.15, 0.2) is 0 Å². The van der Waals surface area contributed by atoms with Crippen LogP contribution in [0.5, 0.6) is 0 Å². The molecule has 0 spiro atoms. The van der Waals surface area contributed by atoms with Crippen LogP contribution in [-0.2, 0) is 4.79 Å². The van der Waals surface area contributed by atoms with E-state index in [4.69, 9.17) is 11.6 Å². The Bertz CT molecular complexity index is 852. The smallest absolute Gasteiger partial charge is 0.269 e. The standard InChI is InChI=1S/C20H22ClN3O3/c1-12(2)17(22-18(25)14-7-4-6-13(3)10-14)20(27)24-23-19(26)15-8-5-9-16(21)11-15/h4-12,17H,1-3H3,(H,22,25)(H,23,26)(H,24,27)/t17-/m0/s1. The van der Waals surface area contributed by atoms with Gasteiger partial charge in [0.1, 0.15) is 6.04 Å². The molecule has 3 N–H and O–H groups in total. The first-order valence-corrected chi connectivity index (χ1v) is 8.89. The number of carbonyl (C=O) groups excluding carboxylic acids is 3. The van der Waals surface area contributed by atoms with Gasteiger partial charge in [0.2, 0.25) is 0 Å². The summed E-state index contributed by atoms with van der Waals surface area (Å²) in [5.41, 5.74) is 6.42. The van der Waals surface area contributed by atoms with Crippen LogP contribution in [0.2, 0.25) is 5.02 Å². The molecule has 0 radical (unpaired) electrons. The average Bonchev–Trinajstić information content (AvgIpc) is 2.63. The van der Waals surface area contributed by atoms with Crippen LogP contribution in [0.25, 0.3) is 0 Å². The zero-order valence-electron chi connectivity index (χ0n) is 15.4. The van der Waals surface area contributed by atoms with Crippen molar-refractivity contribution in [2.45, 2.75) is 26.8 Å². The van der Waals surface area contributed by atoms with E-state index in [2.05, 4.69) is 16.2 Å². The molecule has 0 heterocycles. The van der Waals surface area contributed by atoms with E-state index in [0.717, 1.165) is 5.56 Å². The quantitative estimate of drug-likeness (QED) is 0.689. The Morgan fingerprint density at radius 1 is 0.889 bits per heavy atom. The number of hydrogen-bond donors (Lipinski definition) is 3. The van der Waals surface area contributed by atoms with Crippen LogP contribution in [0.4, 0.5) is 0 Å². The molecule has 3 amide bonds. The van der Waals surface area contributed by atoms with Crippen LogP contribution in [0, 0.1) is 12.8 Å². The van der Waals surface area contributed by atoms with E-state index < -0.39 is 17.9 Å². The van der Waals surface area contributed by atoms with E-state index in [0.29, 0.717) is 16.1 Å². The van der Waals surface area contributed by atoms with Gasteiger partial charge in [-0.15, -0.1) is 0 Å². The third-order valence-electron chi connectivity index (χ3n) is 3.90. The molecular formula is C20H22ClN3O3. The normalized spacial score (nSPS) is 11.6. The molecule has 142 valence electrons. The number of hydrogen-bond acceptors (Lipinski definition) is 3. The second-order valence-electron chi connectivity index (χ2n) is 6.52. The zero-order chi connectivity index (χ0) is 20.0. The van der Waals surface area contributed by atoms with Gasteiger partial charge in [-0.25, -0.2) is 0 Å². The maximum atomic E-state index is 12.5. The first-order valence-electron chi connectivity index (χ1n) is 8.51. The lowest BCUT2D eigenvalue weighted by molar-refractivity contribution is -0.124. The molecular weight excluding hydrogens is 366 g/mol. The Labute approximate surface area is 163 Å². The molecule has 2 aromatic carbocycles. The van der Waals surface area contributed by atoms with Crippen LogP contribution < -0.4 is 16.2 Å². The number of carbonyl (C=O) groups is 3. The molecule has 0 aliphatic heterocycles. The highest BCUT2D eigenvalue weighted by molar-refractivity contribution is 6.30. The van der Waals surface area contributed by atoms with Crippen molar-refractivity contribution >= 4 is 29.3 Å². The zero-order valence-corrected chi connectivity index (χ0v) is 16.1. The van der Waals surface area contributed by atoms with Crippen molar-refractivity contribution in [3.05, 3.63) is 70.2 Å². The lowest BCUT2D eigenvalue weighted by Crippen LogP contribution is -2.54. The van der Waals surface area contributed by atoms with E-state index in [9.17, 15) is 14.4 Å². The van der Waals surface area contributed by atoms with Crippen molar-refractivity contribution in [2.75, 3.05) is 0 Å². The third kappa shape index (κ3) is 5.82. The molecule has 2 aromatic rings. The van der Waals surface area contributed by atoms with Crippen LogP contribution in [0.15, 0.2) is 48.5 Å². The molecule has 0 aliphatic carbocycles. The Morgan fingerprint density at radius 2 is 1.52 bits per heavy atom. The molecule has 0 bridgehead atoms. The molecule has 0 fully saturated rings. The van der Waals surface area contributed by atoms with Gasteiger partial charge in [0, 0.05) is 16.1 Å². The molecule has 0 aromatic heterocycles. The summed E-state index contributed by atoms with van der Waals surface area (Å²) in [6.45, 7) is 5.49. The van der Waals surface area contributed by atoms with Gasteiger partial charge in [0.05, 0.1) is 0 Å². The summed E-state index contributed by atoms with van der Waals surface area (Å²) < 4.78 is 0. The van der Waals surface area contributed by atoms with Gasteiger partial charge < -0.3 is 5.32 Å². The number of halogens is 1. The van der Waals surface area contributed by atoms with Crippen molar-refractivity contribution in [2.24, 2.45) is 5.92 Å². The molecule has 0 saturated heterocycles. The van der Waals surface area contributed by atoms with Gasteiger partial charge in [-0.2, -0.15) is 0 Å². The number of aryl methyl sites for hydroxylation is 1. The van der Waals surface area contributed by atoms with Crippen molar-refractivity contribution in [3.8, 4) is 0 Å². The maximum absolute atomic E-state index is 12.5. The fourth-order valence-electron chi connectivity index (χ4n) is 2.44. The molecule has 6 nitrogen and oxygen atoms in total. The first-order chi connectivity index (χ1) is 12.8. The van der Waals surface area contributed by atoms with Gasteiger partial charge in [0.25, 0.3) is 17.7 Å². The monoisotopic (exact) mass is 387 g/mol. The van der Waals surface area contributed by atoms with Crippen molar-refractivity contribution in [1.29, 1.82) is 0 Å². The molecule has 0 aliphatic rings. The molecule has 27 heavy (non-hydrogen) atoms. The van der Waals surface area contributed by atoms with Crippen molar-refractivity contribution < 1.29 is 14.4 Å². The fourth-order valence-corrected chi connectivity index (χ4v) is 2.63.